The zero-order valence-corrected chi connectivity index (χ0v) is 19.1. The van der Waals surface area contributed by atoms with Crippen LogP contribution < -0.4 is 10.2 Å². The number of nitrogens with one attached hydrogen (secondary N) is 1. The average Bonchev–Trinajstić information content (AvgIpc) is 3.43. The molecule has 8 nitrogen and oxygen atoms in total. The minimum absolute atomic E-state index is 0.0924. The summed E-state index contributed by atoms with van der Waals surface area (Å²) in [5.41, 5.74) is 2.26. The number of piperidine rings is 1. The molecule has 2 saturated heterocycles. The molecule has 9 heteroatoms. The second-order valence-electron chi connectivity index (χ2n) is 8.65. The number of aryl methyl sites for hydroxylation is 1. The number of carbonyl (C=O) groups is 1. The van der Waals surface area contributed by atoms with Crippen molar-refractivity contribution < 1.29 is 13.2 Å². The first-order chi connectivity index (χ1) is 14.8. The molecular weight excluding hydrogens is 414 g/mol. The lowest BCUT2D eigenvalue weighted by molar-refractivity contribution is 0.0947. The van der Waals surface area contributed by atoms with Crippen LogP contribution in [-0.4, -0.2) is 54.6 Å². The fourth-order valence-corrected chi connectivity index (χ4v) is 5.83. The normalized spacial score (nSPS) is 18.5. The van der Waals surface area contributed by atoms with Crippen LogP contribution >= 0.6 is 0 Å². The molecule has 4 rings (SSSR count). The Hall–Kier alpha value is -2.39. The van der Waals surface area contributed by atoms with Crippen LogP contribution in [0.25, 0.3) is 0 Å². The van der Waals surface area contributed by atoms with Crippen LogP contribution in [0, 0.1) is 5.92 Å². The first-order valence-corrected chi connectivity index (χ1v) is 12.4. The van der Waals surface area contributed by atoms with E-state index in [1.54, 1.807) is 7.05 Å². The highest BCUT2D eigenvalue weighted by molar-refractivity contribution is 7.89. The van der Waals surface area contributed by atoms with Gasteiger partial charge >= 0.3 is 0 Å². The van der Waals surface area contributed by atoms with Crippen molar-refractivity contribution in [1.29, 1.82) is 0 Å². The van der Waals surface area contributed by atoms with Crippen molar-refractivity contribution in [3.63, 3.8) is 0 Å². The molecule has 0 aliphatic carbocycles. The van der Waals surface area contributed by atoms with E-state index in [2.05, 4.69) is 34.4 Å². The number of anilines is 1. The van der Waals surface area contributed by atoms with Gasteiger partial charge in [-0.2, -0.15) is 9.40 Å². The van der Waals surface area contributed by atoms with E-state index >= 15 is 0 Å². The number of sulfonamides is 1. The van der Waals surface area contributed by atoms with E-state index in [0.717, 1.165) is 31.5 Å². The fourth-order valence-electron chi connectivity index (χ4n) is 4.24. The third-order valence-corrected chi connectivity index (χ3v) is 8.06. The van der Waals surface area contributed by atoms with E-state index in [1.165, 1.54) is 33.7 Å². The monoisotopic (exact) mass is 445 g/mol. The lowest BCUT2D eigenvalue weighted by atomic mass is 10.0. The van der Waals surface area contributed by atoms with E-state index in [-0.39, 0.29) is 10.6 Å². The van der Waals surface area contributed by atoms with Crippen LogP contribution in [-0.2, 0) is 23.6 Å². The molecule has 1 N–H and O–H groups in total. The molecule has 2 aliphatic heterocycles. The van der Waals surface area contributed by atoms with Gasteiger partial charge in [-0.05, 0) is 49.3 Å². The van der Waals surface area contributed by atoms with E-state index in [1.807, 2.05) is 12.1 Å². The summed E-state index contributed by atoms with van der Waals surface area (Å²) < 4.78 is 29.1. The number of amides is 1. The molecule has 0 spiro atoms. The predicted octanol–water partition coefficient (Wildman–Crippen LogP) is 2.37. The maximum atomic E-state index is 13.1. The Morgan fingerprint density at radius 3 is 2.39 bits per heavy atom. The van der Waals surface area contributed by atoms with Crippen LogP contribution in [0.3, 0.4) is 0 Å². The largest absolute Gasteiger partial charge is 0.372 e. The lowest BCUT2D eigenvalue weighted by Gasteiger charge is -2.28. The number of hydrogen-bond acceptors (Lipinski definition) is 5. The van der Waals surface area contributed by atoms with Crippen molar-refractivity contribution in [3.8, 4) is 0 Å². The zero-order valence-electron chi connectivity index (χ0n) is 18.2. The SMILES string of the molecule is CC1CCN(S(=O)(=O)c2nn(C)cc2C(=O)NCc2ccc(N3CCCC3)cc2)CC1. The number of benzene rings is 1. The van der Waals surface area contributed by atoms with Crippen LogP contribution in [0.4, 0.5) is 5.69 Å². The van der Waals surface area contributed by atoms with Crippen molar-refractivity contribution in [2.24, 2.45) is 13.0 Å². The van der Waals surface area contributed by atoms with Gasteiger partial charge in [0.2, 0.25) is 5.03 Å². The minimum Gasteiger partial charge on any atom is -0.372 e. The summed E-state index contributed by atoms with van der Waals surface area (Å²) >= 11 is 0. The van der Waals surface area contributed by atoms with Crippen LogP contribution in [0.2, 0.25) is 0 Å². The molecule has 0 radical (unpaired) electrons. The van der Waals surface area contributed by atoms with Crippen LogP contribution in [0.5, 0.6) is 0 Å². The van der Waals surface area contributed by atoms with Gasteiger partial charge in [0.1, 0.15) is 0 Å². The Morgan fingerprint density at radius 2 is 1.74 bits per heavy atom. The Balaban J connectivity index is 1.44. The molecular formula is C22H31N5O3S. The van der Waals surface area contributed by atoms with Gasteiger partial charge in [-0.3, -0.25) is 9.48 Å². The first-order valence-electron chi connectivity index (χ1n) is 11.0. The third kappa shape index (κ3) is 4.77. The Kier molecular flexibility index (Phi) is 6.34. The standard InChI is InChI=1S/C22H31N5O3S/c1-17-9-13-27(14-10-17)31(29,30)22-20(16-25(2)24-22)21(28)23-15-18-5-7-19(8-6-18)26-11-3-4-12-26/h5-8,16-17H,3-4,9-15H2,1-2H3,(H,23,28). The molecule has 2 aromatic rings. The number of aromatic nitrogens is 2. The van der Waals surface area contributed by atoms with Crippen molar-refractivity contribution in [2.45, 2.75) is 44.2 Å². The zero-order chi connectivity index (χ0) is 22.0. The molecule has 3 heterocycles. The maximum Gasteiger partial charge on any atom is 0.263 e. The van der Waals surface area contributed by atoms with Gasteiger partial charge in [0.25, 0.3) is 15.9 Å². The van der Waals surface area contributed by atoms with Gasteiger partial charge in [0, 0.05) is 51.7 Å². The van der Waals surface area contributed by atoms with Crippen molar-refractivity contribution in [1.82, 2.24) is 19.4 Å². The molecule has 2 fully saturated rings. The number of rotatable bonds is 6. The second-order valence-corrected chi connectivity index (χ2v) is 10.5. The predicted molar refractivity (Wildman–Crippen MR) is 119 cm³/mol. The number of carbonyl (C=O) groups excluding carboxylic acids is 1. The summed E-state index contributed by atoms with van der Waals surface area (Å²) in [6.45, 7) is 5.56. The molecule has 0 bridgehead atoms. The Morgan fingerprint density at radius 1 is 1.10 bits per heavy atom. The average molecular weight is 446 g/mol. The van der Waals surface area contributed by atoms with E-state index in [0.29, 0.717) is 25.6 Å². The van der Waals surface area contributed by atoms with Gasteiger partial charge in [0.05, 0.1) is 5.56 Å². The topological polar surface area (TPSA) is 87.5 Å². The van der Waals surface area contributed by atoms with E-state index in [9.17, 15) is 13.2 Å². The molecule has 2 aliphatic rings. The van der Waals surface area contributed by atoms with Crippen molar-refractivity contribution in [3.05, 3.63) is 41.6 Å². The highest BCUT2D eigenvalue weighted by Crippen LogP contribution is 2.25. The van der Waals surface area contributed by atoms with E-state index < -0.39 is 15.9 Å². The minimum atomic E-state index is -3.80. The Labute approximate surface area is 184 Å². The van der Waals surface area contributed by atoms with E-state index in [4.69, 9.17) is 0 Å². The number of hydrogen-bond donors (Lipinski definition) is 1. The summed E-state index contributed by atoms with van der Waals surface area (Å²) in [4.78, 5) is 15.2. The highest BCUT2D eigenvalue weighted by atomic mass is 32.2. The molecule has 0 saturated carbocycles. The molecule has 1 aromatic carbocycles. The summed E-state index contributed by atoms with van der Waals surface area (Å²) in [6, 6.07) is 8.15. The first kappa shape index (κ1) is 21.8. The third-order valence-electron chi connectivity index (χ3n) is 6.23. The summed E-state index contributed by atoms with van der Waals surface area (Å²) in [5, 5.41) is 6.82. The maximum absolute atomic E-state index is 13.1. The molecule has 1 amide bonds. The quantitative estimate of drug-likeness (QED) is 0.738. The fraction of sp³-hybridized carbons (Fsp3) is 0.545. The van der Waals surface area contributed by atoms with Gasteiger partial charge in [-0.1, -0.05) is 19.1 Å². The van der Waals surface area contributed by atoms with Crippen LogP contribution in [0.15, 0.2) is 35.5 Å². The molecule has 0 atom stereocenters. The summed E-state index contributed by atoms with van der Waals surface area (Å²) in [5.74, 6) is 0.0791. The second kappa shape index (κ2) is 9.00. The lowest BCUT2D eigenvalue weighted by Crippen LogP contribution is -2.39. The van der Waals surface area contributed by atoms with Gasteiger partial charge < -0.3 is 10.2 Å². The number of nitrogens with zero attached hydrogens (tertiary/aromatic N) is 4. The van der Waals surface area contributed by atoms with Crippen molar-refractivity contribution >= 4 is 21.6 Å². The molecule has 168 valence electrons. The Bertz CT molecular complexity index is 1020. The molecule has 31 heavy (non-hydrogen) atoms. The summed E-state index contributed by atoms with van der Waals surface area (Å²) in [6.07, 6.45) is 5.57. The molecule has 0 unspecified atom stereocenters. The summed E-state index contributed by atoms with van der Waals surface area (Å²) in [7, 11) is -2.17. The van der Waals surface area contributed by atoms with Gasteiger partial charge in [-0.25, -0.2) is 8.42 Å². The molecule has 1 aromatic heterocycles. The smallest absolute Gasteiger partial charge is 0.263 e. The van der Waals surface area contributed by atoms with Gasteiger partial charge in [0.15, 0.2) is 0 Å². The van der Waals surface area contributed by atoms with Gasteiger partial charge in [-0.15, -0.1) is 0 Å². The highest BCUT2D eigenvalue weighted by Gasteiger charge is 2.34. The van der Waals surface area contributed by atoms with Crippen molar-refractivity contribution in [2.75, 3.05) is 31.1 Å². The van der Waals surface area contributed by atoms with Crippen LogP contribution in [0.1, 0.15) is 48.5 Å².